The Labute approximate surface area is 256 Å². The molecule has 0 unspecified atom stereocenters. The zero-order valence-electron chi connectivity index (χ0n) is 26.6. The van der Waals surface area contributed by atoms with Gasteiger partial charge in [-0.1, -0.05) is 33.8 Å². The molecule has 2 atom stereocenters. The van der Waals surface area contributed by atoms with Crippen LogP contribution >= 0.6 is 0 Å². The Morgan fingerprint density at radius 3 is 1.91 bits per heavy atom. The highest BCUT2D eigenvalue weighted by Gasteiger charge is 2.32. The number of amides is 2. The predicted octanol–water partition coefficient (Wildman–Crippen LogP) is 3.91. The van der Waals surface area contributed by atoms with Crippen molar-refractivity contribution in [1.29, 1.82) is 0 Å². The largest absolute Gasteiger partial charge is 0.464 e. The molecular weight excluding hydrogens is 568 g/mol. The lowest BCUT2D eigenvalue weighted by Crippen LogP contribution is -2.43. The van der Waals surface area contributed by atoms with Gasteiger partial charge in [-0.3, -0.25) is 14.4 Å². The van der Waals surface area contributed by atoms with Crippen molar-refractivity contribution in [3.8, 4) is 11.5 Å². The van der Waals surface area contributed by atoms with E-state index in [0.29, 0.717) is 12.0 Å². The van der Waals surface area contributed by atoms with Gasteiger partial charge in [0.15, 0.2) is 11.3 Å². The number of carbonyl (C=O) groups excluding carboxylic acids is 4. The molecule has 1 aliphatic heterocycles. The summed E-state index contributed by atoms with van der Waals surface area (Å²) < 4.78 is 16.5. The molecule has 1 aromatic carbocycles. The fourth-order valence-corrected chi connectivity index (χ4v) is 4.93. The molecule has 2 amide bonds. The fraction of sp³-hybridized carbons (Fsp3) is 0.500. The summed E-state index contributed by atoms with van der Waals surface area (Å²) in [4.78, 5) is 70.4. The minimum atomic E-state index is -1.00. The number of aromatic nitrogens is 1. The summed E-state index contributed by atoms with van der Waals surface area (Å²) >= 11 is 0. The maximum Gasteiger partial charge on any atom is 0.328 e. The van der Waals surface area contributed by atoms with Crippen LogP contribution in [0.25, 0.3) is 22.6 Å². The van der Waals surface area contributed by atoms with Crippen molar-refractivity contribution >= 4 is 40.5 Å². The average Bonchev–Trinajstić information content (AvgIpc) is 2.94. The van der Waals surface area contributed by atoms with Crippen LogP contribution in [0.1, 0.15) is 86.2 Å². The molecule has 1 heterocycles. The van der Waals surface area contributed by atoms with Gasteiger partial charge in [0.2, 0.25) is 5.43 Å². The summed E-state index contributed by atoms with van der Waals surface area (Å²) in [5.74, 6) is -2.47. The monoisotopic (exact) mass is 610 g/mol. The lowest BCUT2D eigenvalue weighted by atomic mass is 9.98. The van der Waals surface area contributed by atoms with Crippen molar-refractivity contribution in [3.63, 3.8) is 0 Å². The van der Waals surface area contributed by atoms with Crippen molar-refractivity contribution in [2.24, 2.45) is 11.8 Å². The van der Waals surface area contributed by atoms with Crippen LogP contribution in [0.5, 0.6) is 0 Å². The average molecular weight is 611 g/mol. The van der Waals surface area contributed by atoms with Crippen LogP contribution in [-0.2, 0) is 19.1 Å². The second-order valence-corrected chi connectivity index (χ2v) is 11.6. The van der Waals surface area contributed by atoms with E-state index in [1.807, 2.05) is 27.7 Å². The molecule has 4 N–H and O–H groups in total. The molecule has 1 aliphatic carbocycles. The van der Waals surface area contributed by atoms with Crippen LogP contribution in [0.15, 0.2) is 21.3 Å². The molecule has 12 heteroatoms. The van der Waals surface area contributed by atoms with Gasteiger partial charge >= 0.3 is 11.9 Å². The number of carbonyl (C=O) groups is 4. The SMILES string of the molecule is CCOC(=O)[C@H](CC(C)C)NC(=O)c1ccc(C)c2oc3c(C)c(=O)c(N)c(C(=O)N[C@H](CC(C)C)C(=O)OCC)c-3nc12. The van der Waals surface area contributed by atoms with Gasteiger partial charge in [0, 0.05) is 5.56 Å². The van der Waals surface area contributed by atoms with Gasteiger partial charge in [0.1, 0.15) is 23.3 Å². The number of nitrogens with zero attached hydrogens (tertiary/aromatic N) is 1. The van der Waals surface area contributed by atoms with Gasteiger partial charge < -0.3 is 30.3 Å². The summed E-state index contributed by atoms with van der Waals surface area (Å²) in [6.45, 7) is 14.5. The maximum absolute atomic E-state index is 13.7. The van der Waals surface area contributed by atoms with Crippen LogP contribution in [-0.4, -0.2) is 54.0 Å². The molecule has 238 valence electrons. The number of esters is 2. The van der Waals surface area contributed by atoms with Crippen LogP contribution in [0.2, 0.25) is 0 Å². The number of hydrogen-bond acceptors (Lipinski definition) is 10. The zero-order valence-corrected chi connectivity index (χ0v) is 26.6. The minimum Gasteiger partial charge on any atom is -0.464 e. The van der Waals surface area contributed by atoms with Crippen LogP contribution in [0, 0.1) is 25.7 Å². The smallest absolute Gasteiger partial charge is 0.328 e. The molecule has 12 nitrogen and oxygen atoms in total. The van der Waals surface area contributed by atoms with Gasteiger partial charge in [-0.2, -0.15) is 0 Å². The first-order valence-electron chi connectivity index (χ1n) is 14.8. The summed E-state index contributed by atoms with van der Waals surface area (Å²) in [5.41, 5.74) is 6.00. The Kier molecular flexibility index (Phi) is 11.1. The van der Waals surface area contributed by atoms with E-state index in [-0.39, 0.29) is 76.4 Å². The molecule has 3 rings (SSSR count). The third-order valence-electron chi connectivity index (χ3n) is 7.04. The number of ether oxygens (including phenoxy) is 2. The quantitative estimate of drug-likeness (QED) is 0.155. The Morgan fingerprint density at radius 1 is 0.886 bits per heavy atom. The van der Waals surface area contributed by atoms with Gasteiger partial charge in [0.25, 0.3) is 11.8 Å². The van der Waals surface area contributed by atoms with E-state index in [9.17, 15) is 24.0 Å². The van der Waals surface area contributed by atoms with Crippen LogP contribution < -0.4 is 21.8 Å². The number of nitrogens with one attached hydrogen (secondary N) is 2. The lowest BCUT2D eigenvalue weighted by Gasteiger charge is -2.22. The number of aryl methyl sites for hydroxylation is 1. The third kappa shape index (κ3) is 7.35. The molecule has 0 aromatic heterocycles. The van der Waals surface area contributed by atoms with Gasteiger partial charge in [0.05, 0.1) is 30.0 Å². The topological polar surface area (TPSA) is 180 Å². The molecule has 0 fully saturated rings. The van der Waals surface area contributed by atoms with Gasteiger partial charge in [-0.05, 0) is 64.0 Å². The van der Waals surface area contributed by atoms with E-state index in [1.165, 1.54) is 13.0 Å². The number of rotatable bonds is 12. The highest BCUT2D eigenvalue weighted by atomic mass is 16.5. The van der Waals surface area contributed by atoms with Crippen molar-refractivity contribution in [3.05, 3.63) is 44.6 Å². The van der Waals surface area contributed by atoms with E-state index in [4.69, 9.17) is 19.6 Å². The molecule has 0 radical (unpaired) electrons. The van der Waals surface area contributed by atoms with E-state index in [2.05, 4.69) is 15.6 Å². The normalized spacial score (nSPS) is 12.8. The summed E-state index contributed by atoms with van der Waals surface area (Å²) in [6, 6.07) is 1.29. The Hall–Kier alpha value is -4.48. The number of fused-ring (bicyclic) bond motifs is 2. The molecule has 0 bridgehead atoms. The number of nitrogens with two attached hydrogens (primary N) is 1. The summed E-state index contributed by atoms with van der Waals surface area (Å²) in [5, 5.41) is 5.40. The highest BCUT2D eigenvalue weighted by molar-refractivity contribution is 6.09. The second-order valence-electron chi connectivity index (χ2n) is 11.6. The third-order valence-corrected chi connectivity index (χ3v) is 7.04. The van der Waals surface area contributed by atoms with Crippen molar-refractivity contribution < 1.29 is 33.1 Å². The van der Waals surface area contributed by atoms with Crippen molar-refractivity contribution in [1.82, 2.24) is 15.6 Å². The van der Waals surface area contributed by atoms with E-state index in [0.717, 1.165) is 0 Å². The molecule has 0 saturated carbocycles. The maximum atomic E-state index is 13.7. The van der Waals surface area contributed by atoms with E-state index < -0.39 is 41.3 Å². The number of nitrogen functional groups attached to an aromatic ring is 1. The van der Waals surface area contributed by atoms with Crippen LogP contribution in [0.4, 0.5) is 5.69 Å². The molecule has 44 heavy (non-hydrogen) atoms. The van der Waals surface area contributed by atoms with Crippen LogP contribution in [0.3, 0.4) is 0 Å². The molecule has 1 aromatic rings. The lowest BCUT2D eigenvalue weighted by molar-refractivity contribution is -0.146. The molecule has 0 saturated heterocycles. The minimum absolute atomic E-state index is 0.0169. The summed E-state index contributed by atoms with van der Waals surface area (Å²) in [6.07, 6.45) is 0.625. The number of benzene rings is 2. The molecular formula is C32H42N4O8. The first kappa shape index (κ1) is 34.0. The Bertz CT molecular complexity index is 1590. The Morgan fingerprint density at radius 2 is 1.41 bits per heavy atom. The number of hydrogen-bond donors (Lipinski definition) is 3. The predicted molar refractivity (Wildman–Crippen MR) is 165 cm³/mol. The van der Waals surface area contributed by atoms with E-state index in [1.54, 1.807) is 26.8 Å². The zero-order chi connectivity index (χ0) is 32.9. The van der Waals surface area contributed by atoms with E-state index >= 15 is 0 Å². The van der Waals surface area contributed by atoms with Gasteiger partial charge in [-0.15, -0.1) is 0 Å². The van der Waals surface area contributed by atoms with Gasteiger partial charge in [-0.25, -0.2) is 14.6 Å². The fourth-order valence-electron chi connectivity index (χ4n) is 4.93. The Balaban J connectivity index is 2.22. The standard InChI is InChI=1S/C32H42N4O8/c1-9-42-31(40)20(13-15(3)4)34-29(38)19-12-11-17(7)27-24(19)36-25-22(23(33)26(37)18(8)28(25)44-27)30(39)35-21(14-16(5)6)32(41)43-10-2/h11-12,15-16,20-21H,9-10,13-14,33H2,1-8H3,(H,34,38)(H,35,39)/t20-,21+/m0/s1. The first-order chi connectivity index (χ1) is 20.7. The van der Waals surface area contributed by atoms with Crippen molar-refractivity contribution in [2.45, 2.75) is 80.3 Å². The van der Waals surface area contributed by atoms with Crippen molar-refractivity contribution in [2.75, 3.05) is 18.9 Å². The summed E-state index contributed by atoms with van der Waals surface area (Å²) in [7, 11) is 0. The molecule has 0 spiro atoms. The number of anilines is 1. The highest BCUT2D eigenvalue weighted by Crippen LogP contribution is 2.34. The second kappa shape index (κ2) is 14.3. The first-order valence-corrected chi connectivity index (χ1v) is 14.8. The molecule has 2 aliphatic rings.